The molecular formula is C11H15F3N2O2. The van der Waals surface area contributed by atoms with Gasteiger partial charge in [0.15, 0.2) is 0 Å². The van der Waals surface area contributed by atoms with E-state index in [0.29, 0.717) is 12.2 Å². The van der Waals surface area contributed by atoms with E-state index in [1.165, 1.54) is 18.2 Å². The van der Waals surface area contributed by atoms with Crippen LogP contribution in [0.15, 0.2) is 24.3 Å². The van der Waals surface area contributed by atoms with Crippen molar-refractivity contribution in [2.75, 3.05) is 13.2 Å². The molecule has 4 nitrogen and oxygen atoms in total. The normalized spacial score (nSPS) is 13.4. The summed E-state index contributed by atoms with van der Waals surface area (Å²) < 4.78 is 45.2. The maximum atomic E-state index is 12.1. The minimum Gasteiger partial charge on any atom is -0.406 e. The van der Waals surface area contributed by atoms with Gasteiger partial charge in [0.25, 0.3) is 0 Å². The number of hydrogen-bond donors (Lipinski definition) is 2. The van der Waals surface area contributed by atoms with Gasteiger partial charge in [-0.1, -0.05) is 12.1 Å². The predicted octanol–water partition coefficient (Wildman–Crippen LogP) is 2.13. The highest BCUT2D eigenvalue weighted by atomic mass is 19.4. The number of nitrogens with one attached hydrogen (secondary N) is 1. The van der Waals surface area contributed by atoms with Crippen LogP contribution in [0.25, 0.3) is 0 Å². The Labute approximate surface area is 103 Å². The van der Waals surface area contributed by atoms with Gasteiger partial charge in [0.1, 0.15) is 5.75 Å². The quantitative estimate of drug-likeness (QED) is 0.610. The lowest BCUT2D eigenvalue weighted by Crippen LogP contribution is -2.31. The van der Waals surface area contributed by atoms with Crippen molar-refractivity contribution in [3.63, 3.8) is 0 Å². The molecule has 0 saturated heterocycles. The molecule has 1 atom stereocenters. The van der Waals surface area contributed by atoms with Crippen molar-refractivity contribution in [2.24, 2.45) is 5.84 Å². The summed E-state index contributed by atoms with van der Waals surface area (Å²) in [6.07, 6.45) is -4.70. The molecule has 1 rings (SSSR count). The topological polar surface area (TPSA) is 56.5 Å². The molecule has 102 valence electrons. The fourth-order valence-electron chi connectivity index (χ4n) is 1.40. The van der Waals surface area contributed by atoms with Crippen molar-refractivity contribution in [2.45, 2.75) is 19.3 Å². The smallest absolute Gasteiger partial charge is 0.406 e. The number of nitrogens with two attached hydrogens (primary N) is 1. The molecule has 1 unspecified atom stereocenters. The highest BCUT2D eigenvalue weighted by molar-refractivity contribution is 5.30. The first-order chi connectivity index (χ1) is 8.46. The van der Waals surface area contributed by atoms with Crippen molar-refractivity contribution in [1.82, 2.24) is 5.43 Å². The fraction of sp³-hybridized carbons (Fsp3) is 0.455. The molecule has 18 heavy (non-hydrogen) atoms. The zero-order chi connectivity index (χ0) is 13.6. The first-order valence-electron chi connectivity index (χ1n) is 5.36. The maximum Gasteiger partial charge on any atom is 0.573 e. The minimum absolute atomic E-state index is 0.266. The Morgan fingerprint density at radius 1 is 1.39 bits per heavy atom. The standard InChI is InChI=1S/C11H15F3N2O2/c1-2-17-7-10(16-15)8-4-3-5-9(6-8)18-11(12,13)14/h3-6,10,16H,2,7,15H2,1H3. The fourth-order valence-corrected chi connectivity index (χ4v) is 1.40. The average Bonchev–Trinajstić information content (AvgIpc) is 2.28. The molecular weight excluding hydrogens is 249 g/mol. The molecule has 7 heteroatoms. The Kier molecular flexibility index (Phi) is 5.39. The van der Waals surface area contributed by atoms with Crippen LogP contribution in [-0.4, -0.2) is 19.6 Å². The van der Waals surface area contributed by atoms with E-state index in [0.717, 1.165) is 0 Å². The first kappa shape index (κ1) is 14.7. The molecule has 3 N–H and O–H groups in total. The van der Waals surface area contributed by atoms with E-state index in [1.807, 2.05) is 6.92 Å². The van der Waals surface area contributed by atoms with E-state index in [-0.39, 0.29) is 18.4 Å². The second kappa shape index (κ2) is 6.58. The molecule has 0 heterocycles. The van der Waals surface area contributed by atoms with Crippen molar-refractivity contribution in [3.05, 3.63) is 29.8 Å². The van der Waals surface area contributed by atoms with Gasteiger partial charge in [-0.05, 0) is 24.6 Å². The van der Waals surface area contributed by atoms with Crippen LogP contribution in [0.5, 0.6) is 5.75 Å². The molecule has 0 aromatic heterocycles. The van der Waals surface area contributed by atoms with Crippen LogP contribution in [0.1, 0.15) is 18.5 Å². The number of hydrazine groups is 1. The number of benzene rings is 1. The van der Waals surface area contributed by atoms with Crippen LogP contribution < -0.4 is 16.0 Å². The molecule has 0 fully saturated rings. The highest BCUT2D eigenvalue weighted by Crippen LogP contribution is 2.25. The largest absolute Gasteiger partial charge is 0.573 e. The molecule has 1 aromatic carbocycles. The minimum atomic E-state index is -4.70. The van der Waals surface area contributed by atoms with Gasteiger partial charge in [-0.3, -0.25) is 11.3 Å². The number of hydrogen-bond acceptors (Lipinski definition) is 4. The number of ether oxygens (including phenoxy) is 2. The summed E-state index contributed by atoms with van der Waals surface area (Å²) in [5.41, 5.74) is 3.04. The SMILES string of the molecule is CCOCC(NN)c1cccc(OC(F)(F)F)c1. The van der Waals surface area contributed by atoms with Crippen LogP contribution in [0, 0.1) is 0 Å². The van der Waals surface area contributed by atoms with Gasteiger partial charge in [0, 0.05) is 6.61 Å². The van der Waals surface area contributed by atoms with Crippen molar-refractivity contribution in [1.29, 1.82) is 0 Å². The van der Waals surface area contributed by atoms with E-state index in [2.05, 4.69) is 10.2 Å². The highest BCUT2D eigenvalue weighted by Gasteiger charge is 2.31. The van der Waals surface area contributed by atoms with Gasteiger partial charge in [-0.2, -0.15) is 0 Å². The van der Waals surface area contributed by atoms with E-state index < -0.39 is 6.36 Å². The number of rotatable bonds is 6. The molecule has 0 aliphatic rings. The van der Waals surface area contributed by atoms with Gasteiger partial charge >= 0.3 is 6.36 Å². The third-order valence-electron chi connectivity index (χ3n) is 2.18. The first-order valence-corrected chi connectivity index (χ1v) is 5.36. The van der Waals surface area contributed by atoms with E-state index in [9.17, 15) is 13.2 Å². The van der Waals surface area contributed by atoms with Crippen LogP contribution >= 0.6 is 0 Å². The Morgan fingerprint density at radius 3 is 2.67 bits per heavy atom. The number of alkyl halides is 3. The van der Waals surface area contributed by atoms with Gasteiger partial charge in [-0.15, -0.1) is 13.2 Å². The maximum absolute atomic E-state index is 12.1. The molecule has 0 amide bonds. The van der Waals surface area contributed by atoms with Gasteiger partial charge < -0.3 is 9.47 Å². The zero-order valence-electron chi connectivity index (χ0n) is 9.83. The third-order valence-corrected chi connectivity index (χ3v) is 2.18. The molecule has 0 saturated carbocycles. The summed E-state index contributed by atoms with van der Waals surface area (Å²) in [4.78, 5) is 0. The summed E-state index contributed by atoms with van der Waals surface area (Å²) in [6.45, 7) is 2.58. The van der Waals surface area contributed by atoms with E-state index >= 15 is 0 Å². The Morgan fingerprint density at radius 2 is 2.11 bits per heavy atom. The third kappa shape index (κ3) is 4.91. The second-order valence-corrected chi connectivity index (χ2v) is 3.50. The Hall–Kier alpha value is -1.31. The molecule has 0 spiro atoms. The Bertz CT molecular complexity index is 372. The second-order valence-electron chi connectivity index (χ2n) is 3.50. The lowest BCUT2D eigenvalue weighted by atomic mass is 10.1. The molecule has 0 bridgehead atoms. The Balaban J connectivity index is 2.79. The molecule has 1 aromatic rings. The van der Waals surface area contributed by atoms with Crippen LogP contribution in [0.4, 0.5) is 13.2 Å². The summed E-state index contributed by atoms with van der Waals surface area (Å²) >= 11 is 0. The van der Waals surface area contributed by atoms with Crippen molar-refractivity contribution < 1.29 is 22.6 Å². The van der Waals surface area contributed by atoms with Crippen molar-refractivity contribution in [3.8, 4) is 5.75 Å². The van der Waals surface area contributed by atoms with Gasteiger partial charge in [-0.25, -0.2) is 0 Å². The summed E-state index contributed by atoms with van der Waals surface area (Å²) in [5, 5.41) is 0. The van der Waals surface area contributed by atoms with Crippen molar-refractivity contribution >= 4 is 0 Å². The zero-order valence-corrected chi connectivity index (χ0v) is 9.83. The molecule has 0 radical (unpaired) electrons. The number of halogens is 3. The van der Waals surface area contributed by atoms with E-state index in [1.54, 1.807) is 6.07 Å². The lowest BCUT2D eigenvalue weighted by Gasteiger charge is -2.17. The van der Waals surface area contributed by atoms with Gasteiger partial charge in [0.2, 0.25) is 0 Å². The van der Waals surface area contributed by atoms with E-state index in [4.69, 9.17) is 10.6 Å². The van der Waals surface area contributed by atoms with Crippen LogP contribution in [-0.2, 0) is 4.74 Å². The molecule has 0 aliphatic heterocycles. The summed E-state index contributed by atoms with van der Waals surface area (Å²) in [5.74, 6) is 5.05. The predicted molar refractivity (Wildman–Crippen MR) is 59.7 cm³/mol. The lowest BCUT2D eigenvalue weighted by molar-refractivity contribution is -0.274. The van der Waals surface area contributed by atoms with Crippen LogP contribution in [0.3, 0.4) is 0 Å². The van der Waals surface area contributed by atoms with Gasteiger partial charge in [0.05, 0.1) is 12.6 Å². The summed E-state index contributed by atoms with van der Waals surface area (Å²) in [6, 6.07) is 5.23. The molecule has 0 aliphatic carbocycles. The average molecular weight is 264 g/mol. The van der Waals surface area contributed by atoms with Crippen LogP contribution in [0.2, 0.25) is 0 Å². The summed E-state index contributed by atoms with van der Waals surface area (Å²) in [7, 11) is 0. The monoisotopic (exact) mass is 264 g/mol.